The lowest BCUT2D eigenvalue weighted by molar-refractivity contribution is -0.142. The van der Waals surface area contributed by atoms with E-state index in [0.29, 0.717) is 13.0 Å². The molecule has 20 heavy (non-hydrogen) atoms. The Balaban J connectivity index is 0.000000246. The number of carbonyl (C=O) groups is 1. The van der Waals surface area contributed by atoms with Crippen LogP contribution >= 0.6 is 8.58 Å². The lowest BCUT2D eigenvalue weighted by Crippen LogP contribution is -2.01. The van der Waals surface area contributed by atoms with Crippen LogP contribution in [0.2, 0.25) is 0 Å². The standard InChI is InChI=1S/C12H11P.C5H10O2/c1-3-7-11(8-4-1)13-12-9-5-2-6-10-12;1-3-5(6)7-4-2/h1-10,13H;3-4H2,1-2H3. The molecule has 0 aliphatic rings. The number of rotatable bonds is 4. The zero-order valence-corrected chi connectivity index (χ0v) is 13.0. The van der Waals surface area contributed by atoms with Crippen molar-refractivity contribution < 1.29 is 9.53 Å². The van der Waals surface area contributed by atoms with Crippen LogP contribution in [-0.4, -0.2) is 12.6 Å². The van der Waals surface area contributed by atoms with E-state index in [1.165, 1.54) is 10.6 Å². The fourth-order valence-corrected chi connectivity index (χ4v) is 2.52. The molecular formula is C17H21O2P. The van der Waals surface area contributed by atoms with Gasteiger partial charge in [-0.2, -0.15) is 0 Å². The molecule has 2 rings (SSSR count). The van der Waals surface area contributed by atoms with Crippen molar-refractivity contribution in [3.05, 3.63) is 60.7 Å². The van der Waals surface area contributed by atoms with Crippen molar-refractivity contribution in [2.75, 3.05) is 6.61 Å². The van der Waals surface area contributed by atoms with Gasteiger partial charge in [0.05, 0.1) is 6.61 Å². The Bertz CT molecular complexity index is 445. The van der Waals surface area contributed by atoms with E-state index in [9.17, 15) is 4.79 Å². The van der Waals surface area contributed by atoms with Crippen LogP contribution in [0.3, 0.4) is 0 Å². The second-order valence-corrected chi connectivity index (χ2v) is 5.42. The lowest BCUT2D eigenvalue weighted by atomic mass is 10.4. The summed E-state index contributed by atoms with van der Waals surface area (Å²) in [5, 5.41) is 2.79. The minimum Gasteiger partial charge on any atom is -0.466 e. The van der Waals surface area contributed by atoms with Crippen molar-refractivity contribution in [3.63, 3.8) is 0 Å². The van der Waals surface area contributed by atoms with Crippen LogP contribution in [0.1, 0.15) is 20.3 Å². The van der Waals surface area contributed by atoms with Crippen molar-refractivity contribution in [1.82, 2.24) is 0 Å². The highest BCUT2D eigenvalue weighted by molar-refractivity contribution is 7.55. The number of esters is 1. The highest BCUT2D eigenvalue weighted by Gasteiger charge is 1.92. The first-order valence-corrected chi connectivity index (χ1v) is 7.79. The van der Waals surface area contributed by atoms with Crippen LogP contribution in [0.5, 0.6) is 0 Å². The minimum atomic E-state index is -0.123. The smallest absolute Gasteiger partial charge is 0.305 e. The molecule has 0 bridgehead atoms. The normalized spacial score (nSPS) is 9.30. The fourth-order valence-electron chi connectivity index (χ4n) is 1.47. The molecule has 0 saturated heterocycles. The van der Waals surface area contributed by atoms with Gasteiger partial charge < -0.3 is 4.74 Å². The first-order chi connectivity index (χ1) is 9.76. The molecule has 0 heterocycles. The van der Waals surface area contributed by atoms with Crippen molar-refractivity contribution in [3.8, 4) is 0 Å². The maximum Gasteiger partial charge on any atom is 0.305 e. The summed E-state index contributed by atoms with van der Waals surface area (Å²) in [6.07, 6.45) is 0.480. The van der Waals surface area contributed by atoms with E-state index in [0.717, 1.165) is 8.58 Å². The van der Waals surface area contributed by atoms with Crippen molar-refractivity contribution in [2.24, 2.45) is 0 Å². The van der Waals surface area contributed by atoms with Gasteiger partial charge in [-0.1, -0.05) is 76.2 Å². The van der Waals surface area contributed by atoms with Gasteiger partial charge in [-0.05, 0) is 17.5 Å². The Kier molecular flexibility index (Phi) is 8.33. The van der Waals surface area contributed by atoms with Gasteiger partial charge in [0, 0.05) is 6.42 Å². The first kappa shape index (κ1) is 16.4. The van der Waals surface area contributed by atoms with E-state index in [1.54, 1.807) is 13.8 Å². The quantitative estimate of drug-likeness (QED) is 0.637. The number of ether oxygens (including phenoxy) is 1. The Morgan fingerprint density at radius 1 is 0.900 bits per heavy atom. The molecule has 0 spiro atoms. The Morgan fingerprint density at radius 3 is 1.65 bits per heavy atom. The van der Waals surface area contributed by atoms with Crippen molar-refractivity contribution >= 4 is 25.2 Å². The predicted molar refractivity (Wildman–Crippen MR) is 87.4 cm³/mol. The second-order valence-electron chi connectivity index (χ2n) is 4.02. The molecule has 0 aliphatic heterocycles. The molecular weight excluding hydrogens is 267 g/mol. The van der Waals surface area contributed by atoms with E-state index in [4.69, 9.17) is 0 Å². The maximum absolute atomic E-state index is 10.2. The summed E-state index contributed by atoms with van der Waals surface area (Å²) >= 11 is 0. The van der Waals surface area contributed by atoms with Gasteiger partial charge in [0.2, 0.25) is 0 Å². The third kappa shape index (κ3) is 7.06. The molecule has 0 amide bonds. The SMILES string of the molecule is CCOC(=O)CC.c1ccc(Pc2ccccc2)cc1. The summed E-state index contributed by atoms with van der Waals surface area (Å²) in [5.41, 5.74) is 0. The third-order valence-electron chi connectivity index (χ3n) is 2.43. The molecule has 3 heteroatoms. The van der Waals surface area contributed by atoms with E-state index in [-0.39, 0.29) is 5.97 Å². The summed E-state index contributed by atoms with van der Waals surface area (Å²) in [6.45, 7) is 4.07. The van der Waals surface area contributed by atoms with E-state index in [1.807, 2.05) is 0 Å². The monoisotopic (exact) mass is 288 g/mol. The zero-order chi connectivity index (χ0) is 14.6. The summed E-state index contributed by atoms with van der Waals surface area (Å²) < 4.78 is 4.55. The molecule has 0 fully saturated rings. The van der Waals surface area contributed by atoms with Gasteiger partial charge in [0.15, 0.2) is 0 Å². The summed E-state index contributed by atoms with van der Waals surface area (Å²) in [6, 6.07) is 21.2. The topological polar surface area (TPSA) is 26.3 Å². The third-order valence-corrected chi connectivity index (χ3v) is 3.67. The van der Waals surface area contributed by atoms with Crippen LogP contribution in [0, 0.1) is 0 Å². The van der Waals surface area contributed by atoms with Crippen LogP contribution in [0.15, 0.2) is 60.7 Å². The molecule has 0 radical (unpaired) electrons. The minimum absolute atomic E-state index is 0.123. The average Bonchev–Trinajstić information content (AvgIpc) is 2.50. The van der Waals surface area contributed by atoms with Crippen LogP contribution in [0.25, 0.3) is 0 Å². The number of hydrogen-bond donors (Lipinski definition) is 0. The molecule has 0 saturated carbocycles. The molecule has 2 nitrogen and oxygen atoms in total. The number of carbonyl (C=O) groups excluding carboxylic acids is 1. The maximum atomic E-state index is 10.2. The Labute approximate surface area is 123 Å². The number of benzene rings is 2. The van der Waals surface area contributed by atoms with Crippen molar-refractivity contribution in [1.29, 1.82) is 0 Å². The molecule has 0 aromatic heterocycles. The summed E-state index contributed by atoms with van der Waals surface area (Å²) in [5.74, 6) is -0.123. The van der Waals surface area contributed by atoms with Gasteiger partial charge in [-0.15, -0.1) is 0 Å². The Morgan fingerprint density at radius 2 is 1.35 bits per heavy atom. The molecule has 0 N–H and O–H groups in total. The van der Waals surface area contributed by atoms with Gasteiger partial charge in [0.25, 0.3) is 0 Å². The van der Waals surface area contributed by atoms with E-state index >= 15 is 0 Å². The molecule has 2 aromatic carbocycles. The molecule has 0 unspecified atom stereocenters. The highest BCUT2D eigenvalue weighted by atomic mass is 31.1. The van der Waals surface area contributed by atoms with E-state index < -0.39 is 0 Å². The number of hydrogen-bond acceptors (Lipinski definition) is 2. The zero-order valence-electron chi connectivity index (χ0n) is 12.0. The summed E-state index contributed by atoms with van der Waals surface area (Å²) in [7, 11) is 0.777. The molecule has 0 aliphatic carbocycles. The predicted octanol–water partition coefficient (Wildman–Crippen LogP) is 3.28. The van der Waals surface area contributed by atoms with Crippen LogP contribution < -0.4 is 10.6 Å². The molecule has 2 aromatic rings. The van der Waals surface area contributed by atoms with E-state index in [2.05, 4.69) is 65.4 Å². The lowest BCUT2D eigenvalue weighted by Gasteiger charge is -2.00. The molecule has 0 atom stereocenters. The average molecular weight is 288 g/mol. The van der Waals surface area contributed by atoms with Gasteiger partial charge in [0.1, 0.15) is 0 Å². The van der Waals surface area contributed by atoms with Crippen LogP contribution in [-0.2, 0) is 9.53 Å². The second kappa shape index (κ2) is 10.2. The highest BCUT2D eigenvalue weighted by Crippen LogP contribution is 2.08. The first-order valence-electron chi connectivity index (χ1n) is 6.79. The fraction of sp³-hybridized carbons (Fsp3) is 0.235. The van der Waals surface area contributed by atoms with Crippen molar-refractivity contribution in [2.45, 2.75) is 20.3 Å². The van der Waals surface area contributed by atoms with Gasteiger partial charge >= 0.3 is 5.97 Å². The summed E-state index contributed by atoms with van der Waals surface area (Å²) in [4.78, 5) is 10.2. The molecule has 106 valence electrons. The largest absolute Gasteiger partial charge is 0.466 e. The van der Waals surface area contributed by atoms with Crippen LogP contribution in [0.4, 0.5) is 0 Å². The van der Waals surface area contributed by atoms with Gasteiger partial charge in [-0.25, -0.2) is 0 Å². The van der Waals surface area contributed by atoms with Gasteiger partial charge in [-0.3, -0.25) is 4.79 Å². The Hall–Kier alpha value is -1.66.